The maximum Gasteiger partial charge on any atom is 0.128 e. The fraction of sp³-hybridized carbons (Fsp3) is 0.667. The normalized spacial score (nSPS) is 17.2. The Labute approximate surface area is 126 Å². The molecular formula is C15H25ClN4. The molecular weight excluding hydrogens is 272 g/mol. The smallest absolute Gasteiger partial charge is 0.128 e. The summed E-state index contributed by atoms with van der Waals surface area (Å²) >= 11 is 5.89. The van der Waals surface area contributed by atoms with Crippen LogP contribution in [0.5, 0.6) is 0 Å². The topological polar surface area (TPSA) is 45.4 Å². The molecule has 1 aliphatic heterocycles. The molecule has 0 aliphatic carbocycles. The number of nitrogens with two attached hydrogens (primary N) is 1. The van der Waals surface area contributed by atoms with Crippen LogP contribution in [0.15, 0.2) is 18.3 Å². The van der Waals surface area contributed by atoms with Gasteiger partial charge in [0.2, 0.25) is 0 Å². The highest BCUT2D eigenvalue weighted by molar-refractivity contribution is 6.30. The van der Waals surface area contributed by atoms with Gasteiger partial charge in [0, 0.05) is 25.8 Å². The van der Waals surface area contributed by atoms with Gasteiger partial charge in [0.25, 0.3) is 0 Å². The second kappa shape index (κ2) is 8.45. The molecule has 1 aliphatic rings. The van der Waals surface area contributed by atoms with Gasteiger partial charge in [0.05, 0.1) is 5.02 Å². The van der Waals surface area contributed by atoms with E-state index >= 15 is 0 Å². The third-order valence-electron chi connectivity index (χ3n) is 3.80. The molecule has 1 aromatic heterocycles. The molecule has 2 rings (SSSR count). The van der Waals surface area contributed by atoms with Crippen molar-refractivity contribution in [1.29, 1.82) is 0 Å². The lowest BCUT2D eigenvalue weighted by Crippen LogP contribution is -2.31. The number of hydrogen-bond donors (Lipinski definition) is 1. The third-order valence-corrected chi connectivity index (χ3v) is 4.03. The molecule has 1 fully saturated rings. The third kappa shape index (κ3) is 4.93. The maximum atomic E-state index is 5.89. The predicted molar refractivity (Wildman–Crippen MR) is 85.4 cm³/mol. The van der Waals surface area contributed by atoms with Crippen molar-refractivity contribution in [3.63, 3.8) is 0 Å². The summed E-state index contributed by atoms with van der Waals surface area (Å²) in [6.07, 6.45) is 6.58. The van der Waals surface area contributed by atoms with E-state index < -0.39 is 0 Å². The molecule has 0 atom stereocenters. The first-order valence-electron chi connectivity index (χ1n) is 7.58. The maximum absolute atomic E-state index is 5.89. The molecule has 2 N–H and O–H groups in total. The van der Waals surface area contributed by atoms with Gasteiger partial charge in [-0.3, -0.25) is 0 Å². The average Bonchev–Trinajstić information content (AvgIpc) is 2.70. The molecule has 4 nitrogen and oxygen atoms in total. The van der Waals surface area contributed by atoms with Gasteiger partial charge in [-0.05, 0) is 51.0 Å². The van der Waals surface area contributed by atoms with Crippen LogP contribution in [-0.2, 0) is 0 Å². The first kappa shape index (κ1) is 15.5. The van der Waals surface area contributed by atoms with Gasteiger partial charge < -0.3 is 15.5 Å². The first-order valence-corrected chi connectivity index (χ1v) is 7.96. The molecule has 0 spiro atoms. The molecule has 0 amide bonds. The lowest BCUT2D eigenvalue weighted by molar-refractivity contribution is 0.286. The van der Waals surface area contributed by atoms with Crippen molar-refractivity contribution in [2.24, 2.45) is 5.73 Å². The summed E-state index contributed by atoms with van der Waals surface area (Å²) in [6, 6.07) is 3.93. The lowest BCUT2D eigenvalue weighted by Gasteiger charge is -2.22. The van der Waals surface area contributed by atoms with Crippen molar-refractivity contribution in [2.75, 3.05) is 44.2 Å². The van der Waals surface area contributed by atoms with E-state index in [1.807, 2.05) is 12.1 Å². The van der Waals surface area contributed by atoms with Crippen LogP contribution in [0.4, 0.5) is 5.82 Å². The molecule has 0 unspecified atom stereocenters. The Hall–Kier alpha value is -0.840. The first-order chi connectivity index (χ1) is 9.79. The van der Waals surface area contributed by atoms with Gasteiger partial charge in [0.15, 0.2) is 0 Å². The summed E-state index contributed by atoms with van der Waals surface area (Å²) in [7, 11) is 0. The quantitative estimate of drug-likeness (QED) is 0.819. The molecule has 0 saturated carbocycles. The van der Waals surface area contributed by atoms with Crippen molar-refractivity contribution in [3.8, 4) is 0 Å². The molecule has 5 heteroatoms. The van der Waals surface area contributed by atoms with E-state index in [9.17, 15) is 0 Å². The molecule has 0 aromatic carbocycles. The van der Waals surface area contributed by atoms with Crippen LogP contribution in [0.2, 0.25) is 5.02 Å². The Morgan fingerprint density at radius 2 is 2.00 bits per heavy atom. The monoisotopic (exact) mass is 296 g/mol. The van der Waals surface area contributed by atoms with E-state index in [0.717, 1.165) is 38.4 Å². The zero-order valence-electron chi connectivity index (χ0n) is 12.1. The summed E-state index contributed by atoms with van der Waals surface area (Å²) in [6.45, 7) is 6.44. The molecule has 20 heavy (non-hydrogen) atoms. The molecule has 2 heterocycles. The van der Waals surface area contributed by atoms with Gasteiger partial charge in [-0.15, -0.1) is 0 Å². The van der Waals surface area contributed by atoms with Crippen molar-refractivity contribution in [3.05, 3.63) is 23.4 Å². The zero-order valence-corrected chi connectivity index (χ0v) is 12.9. The van der Waals surface area contributed by atoms with Gasteiger partial charge in [0.1, 0.15) is 5.82 Å². The second-order valence-corrected chi connectivity index (χ2v) is 5.80. The molecule has 112 valence electrons. The predicted octanol–water partition coefficient (Wildman–Crippen LogP) is 2.38. The SMILES string of the molecule is NCCCCCN1CCCN(c2ccc(Cl)cn2)CC1. The number of unbranched alkanes of at least 4 members (excludes halogenated alkanes) is 2. The number of pyridine rings is 1. The van der Waals surface area contributed by atoms with Gasteiger partial charge in [-0.25, -0.2) is 4.98 Å². The Balaban J connectivity index is 1.78. The van der Waals surface area contributed by atoms with E-state index in [0.29, 0.717) is 5.02 Å². The Morgan fingerprint density at radius 1 is 1.10 bits per heavy atom. The highest BCUT2D eigenvalue weighted by Gasteiger charge is 2.15. The lowest BCUT2D eigenvalue weighted by atomic mass is 10.2. The number of halogens is 1. The van der Waals surface area contributed by atoms with Crippen LogP contribution in [0, 0.1) is 0 Å². The van der Waals surface area contributed by atoms with Gasteiger partial charge in [-0.1, -0.05) is 18.0 Å². The number of anilines is 1. The van der Waals surface area contributed by atoms with Crippen LogP contribution in [0.3, 0.4) is 0 Å². The number of rotatable bonds is 6. The summed E-state index contributed by atoms with van der Waals surface area (Å²) in [4.78, 5) is 9.34. The fourth-order valence-corrected chi connectivity index (χ4v) is 2.75. The minimum Gasteiger partial charge on any atom is -0.355 e. The Kier molecular flexibility index (Phi) is 6.57. The molecule has 0 bridgehead atoms. The van der Waals surface area contributed by atoms with Crippen LogP contribution in [0.1, 0.15) is 25.7 Å². The van der Waals surface area contributed by atoms with Crippen LogP contribution >= 0.6 is 11.6 Å². The van der Waals surface area contributed by atoms with Crippen LogP contribution in [-0.4, -0.2) is 49.2 Å². The Bertz CT molecular complexity index is 382. The van der Waals surface area contributed by atoms with E-state index in [1.165, 1.54) is 32.4 Å². The van der Waals surface area contributed by atoms with Gasteiger partial charge in [-0.2, -0.15) is 0 Å². The van der Waals surface area contributed by atoms with Crippen molar-refractivity contribution in [2.45, 2.75) is 25.7 Å². The zero-order chi connectivity index (χ0) is 14.2. The van der Waals surface area contributed by atoms with Crippen LogP contribution < -0.4 is 10.6 Å². The fourth-order valence-electron chi connectivity index (χ4n) is 2.64. The molecule has 1 aromatic rings. The van der Waals surface area contributed by atoms with E-state index in [4.69, 9.17) is 17.3 Å². The second-order valence-electron chi connectivity index (χ2n) is 5.37. The van der Waals surface area contributed by atoms with E-state index in [-0.39, 0.29) is 0 Å². The van der Waals surface area contributed by atoms with E-state index in [1.54, 1.807) is 6.20 Å². The minimum atomic E-state index is 0.699. The summed E-state index contributed by atoms with van der Waals surface area (Å²) in [5, 5.41) is 0.699. The standard InChI is InChI=1S/C15H25ClN4/c16-14-5-6-15(18-13-14)20-10-4-9-19(11-12-20)8-3-1-2-7-17/h5-6,13H,1-4,7-12,17H2. The highest BCUT2D eigenvalue weighted by Crippen LogP contribution is 2.16. The number of aromatic nitrogens is 1. The summed E-state index contributed by atoms with van der Waals surface area (Å²) in [5.74, 6) is 1.04. The Morgan fingerprint density at radius 3 is 2.75 bits per heavy atom. The van der Waals surface area contributed by atoms with Crippen molar-refractivity contribution < 1.29 is 0 Å². The molecule has 1 saturated heterocycles. The molecule has 0 radical (unpaired) electrons. The van der Waals surface area contributed by atoms with Gasteiger partial charge >= 0.3 is 0 Å². The van der Waals surface area contributed by atoms with E-state index in [2.05, 4.69) is 14.8 Å². The largest absolute Gasteiger partial charge is 0.355 e. The summed E-state index contributed by atoms with van der Waals surface area (Å²) in [5.41, 5.74) is 5.53. The summed E-state index contributed by atoms with van der Waals surface area (Å²) < 4.78 is 0. The highest BCUT2D eigenvalue weighted by atomic mass is 35.5. The van der Waals surface area contributed by atoms with Crippen molar-refractivity contribution in [1.82, 2.24) is 9.88 Å². The number of nitrogens with zero attached hydrogens (tertiary/aromatic N) is 3. The van der Waals surface area contributed by atoms with Crippen LogP contribution in [0.25, 0.3) is 0 Å². The van der Waals surface area contributed by atoms with Crippen molar-refractivity contribution >= 4 is 17.4 Å². The minimum absolute atomic E-state index is 0.699. The average molecular weight is 297 g/mol. The number of hydrogen-bond acceptors (Lipinski definition) is 4.